The van der Waals surface area contributed by atoms with E-state index in [-0.39, 0.29) is 0 Å². The van der Waals surface area contributed by atoms with E-state index in [4.69, 9.17) is 15.0 Å². The highest BCUT2D eigenvalue weighted by Gasteiger charge is 2.22. The summed E-state index contributed by atoms with van der Waals surface area (Å²) in [5, 5.41) is 5.54. The lowest BCUT2D eigenvalue weighted by Gasteiger charge is -2.28. The van der Waals surface area contributed by atoms with Gasteiger partial charge in [-0.1, -0.05) is 164 Å². The van der Waals surface area contributed by atoms with Crippen LogP contribution in [0.2, 0.25) is 0 Å². The van der Waals surface area contributed by atoms with Gasteiger partial charge in [-0.15, -0.1) is 0 Å². The number of hydrogen-bond acceptors (Lipinski definition) is 4. The van der Waals surface area contributed by atoms with Gasteiger partial charge < -0.3 is 4.90 Å². The second-order valence-corrected chi connectivity index (χ2v) is 13.6. The first-order valence-corrected chi connectivity index (χ1v) is 18.5. The molecule has 55 heavy (non-hydrogen) atoms. The van der Waals surface area contributed by atoms with Crippen LogP contribution in [0.3, 0.4) is 0 Å². The Labute approximate surface area is 319 Å². The van der Waals surface area contributed by atoms with Gasteiger partial charge in [0.05, 0.1) is 28.3 Å². The molecule has 4 nitrogen and oxygen atoms in total. The van der Waals surface area contributed by atoms with Gasteiger partial charge in [-0.3, -0.25) is 0 Å². The Bertz CT molecular complexity index is 2870. The monoisotopic (exact) mass is 702 g/mol. The Balaban J connectivity index is 1.28. The maximum absolute atomic E-state index is 5.58. The van der Waals surface area contributed by atoms with Crippen molar-refractivity contribution in [1.82, 2.24) is 15.0 Å². The van der Waals surface area contributed by atoms with Gasteiger partial charge in [0.2, 0.25) is 0 Å². The third kappa shape index (κ3) is 5.87. The summed E-state index contributed by atoms with van der Waals surface area (Å²) in [6.45, 7) is 0. The number of aromatic nitrogens is 3. The number of anilines is 3. The van der Waals surface area contributed by atoms with E-state index in [2.05, 4.69) is 199 Å². The minimum atomic E-state index is 0.661. The van der Waals surface area contributed by atoms with Crippen LogP contribution in [-0.2, 0) is 0 Å². The van der Waals surface area contributed by atoms with E-state index in [1.165, 1.54) is 0 Å². The number of benzene rings is 8. The van der Waals surface area contributed by atoms with E-state index in [1.54, 1.807) is 0 Å². The van der Waals surface area contributed by atoms with E-state index in [1.807, 2.05) is 12.1 Å². The molecular formula is C51H34N4. The summed E-state index contributed by atoms with van der Waals surface area (Å²) in [4.78, 5) is 18.4. The van der Waals surface area contributed by atoms with E-state index in [0.717, 1.165) is 88.8 Å². The summed E-state index contributed by atoms with van der Waals surface area (Å²) in [6, 6.07) is 71.9. The molecule has 0 amide bonds. The zero-order valence-corrected chi connectivity index (χ0v) is 29.9. The lowest BCUT2D eigenvalue weighted by atomic mass is 9.92. The zero-order valence-electron chi connectivity index (χ0n) is 29.9. The summed E-state index contributed by atoms with van der Waals surface area (Å²) in [5.41, 5.74) is 10.8. The van der Waals surface area contributed by atoms with Crippen LogP contribution in [0.15, 0.2) is 206 Å². The summed E-state index contributed by atoms with van der Waals surface area (Å²) in [6.07, 6.45) is 0. The van der Waals surface area contributed by atoms with Gasteiger partial charge in [0, 0.05) is 49.8 Å². The van der Waals surface area contributed by atoms with Gasteiger partial charge >= 0.3 is 0 Å². The predicted octanol–water partition coefficient (Wildman–Crippen LogP) is 13.5. The molecule has 258 valence electrons. The predicted molar refractivity (Wildman–Crippen MR) is 229 cm³/mol. The molecule has 0 bridgehead atoms. The lowest BCUT2D eigenvalue weighted by Crippen LogP contribution is -2.11. The Morgan fingerprint density at radius 2 is 0.909 bits per heavy atom. The van der Waals surface area contributed by atoms with Crippen LogP contribution in [0.25, 0.3) is 77.6 Å². The summed E-state index contributed by atoms with van der Waals surface area (Å²) in [7, 11) is 0. The normalized spacial score (nSPS) is 11.3. The number of rotatable bonds is 7. The zero-order chi connectivity index (χ0) is 36.6. The number of para-hydroxylation sites is 3. The molecule has 2 aromatic heterocycles. The first-order chi connectivity index (χ1) is 27.3. The third-order valence-corrected chi connectivity index (χ3v) is 10.2. The Kier molecular flexibility index (Phi) is 8.12. The number of hydrogen-bond donors (Lipinski definition) is 0. The molecule has 0 fully saturated rings. The van der Waals surface area contributed by atoms with E-state index >= 15 is 0 Å². The first-order valence-electron chi connectivity index (χ1n) is 18.5. The average molecular weight is 703 g/mol. The van der Waals surface area contributed by atoms with Crippen LogP contribution in [-0.4, -0.2) is 15.0 Å². The molecule has 0 atom stereocenters. The van der Waals surface area contributed by atoms with Crippen LogP contribution < -0.4 is 4.90 Å². The van der Waals surface area contributed by atoms with Crippen molar-refractivity contribution in [2.24, 2.45) is 0 Å². The van der Waals surface area contributed by atoms with Gasteiger partial charge in [-0.05, 0) is 53.2 Å². The van der Waals surface area contributed by atoms with E-state index < -0.39 is 0 Å². The molecule has 0 aliphatic rings. The van der Waals surface area contributed by atoms with Crippen LogP contribution in [0, 0.1) is 0 Å². The summed E-state index contributed by atoms with van der Waals surface area (Å²) >= 11 is 0. The lowest BCUT2D eigenvalue weighted by molar-refractivity contribution is 1.19. The van der Waals surface area contributed by atoms with Crippen LogP contribution in [0.1, 0.15) is 0 Å². The van der Waals surface area contributed by atoms with Gasteiger partial charge in [0.15, 0.2) is 5.82 Å². The highest BCUT2D eigenvalue weighted by Crippen LogP contribution is 2.45. The van der Waals surface area contributed by atoms with Crippen LogP contribution >= 0.6 is 0 Å². The Hall–Kier alpha value is -7.43. The maximum atomic E-state index is 5.58. The van der Waals surface area contributed by atoms with Crippen molar-refractivity contribution in [2.75, 3.05) is 4.90 Å². The fraction of sp³-hybridized carbons (Fsp3) is 0. The smallest absolute Gasteiger partial charge is 0.161 e. The molecule has 0 aliphatic carbocycles. The standard InChI is InChI=1S/C51H34N4/c1-5-19-36(20-6-1)45-34-46(37-21-7-2-8-22-37)54-51(53-45)43-29-17-30-44-49(43)48-40-27-14-13-18-35(40)32-33-42(48)50(52-44)41-28-15-16-31-47(41)55(38-23-9-3-10-24-38)39-25-11-4-12-26-39/h1-34H. The number of fused-ring (bicyclic) bond motifs is 5. The average Bonchev–Trinajstić information content (AvgIpc) is 3.27. The molecule has 10 aromatic rings. The molecule has 8 aromatic carbocycles. The van der Waals surface area contributed by atoms with Crippen molar-refractivity contribution in [3.05, 3.63) is 206 Å². The first kappa shape index (κ1) is 32.2. The van der Waals surface area contributed by atoms with Crippen molar-refractivity contribution in [3.8, 4) is 45.2 Å². The fourth-order valence-corrected chi connectivity index (χ4v) is 7.74. The molecule has 2 heterocycles. The largest absolute Gasteiger partial charge is 0.310 e. The minimum Gasteiger partial charge on any atom is -0.310 e. The summed E-state index contributed by atoms with van der Waals surface area (Å²) < 4.78 is 0. The minimum absolute atomic E-state index is 0.661. The van der Waals surface area contributed by atoms with Crippen molar-refractivity contribution in [1.29, 1.82) is 0 Å². The van der Waals surface area contributed by atoms with Gasteiger partial charge in [-0.25, -0.2) is 15.0 Å². The van der Waals surface area contributed by atoms with Crippen LogP contribution in [0.5, 0.6) is 0 Å². The van der Waals surface area contributed by atoms with Gasteiger partial charge in [0.1, 0.15) is 0 Å². The Morgan fingerprint density at radius 1 is 0.364 bits per heavy atom. The van der Waals surface area contributed by atoms with Crippen molar-refractivity contribution >= 4 is 49.5 Å². The maximum Gasteiger partial charge on any atom is 0.161 e. The Morgan fingerprint density at radius 3 is 1.56 bits per heavy atom. The third-order valence-electron chi connectivity index (χ3n) is 10.2. The topological polar surface area (TPSA) is 41.9 Å². The molecular weight excluding hydrogens is 669 g/mol. The van der Waals surface area contributed by atoms with Gasteiger partial charge in [-0.2, -0.15) is 0 Å². The molecule has 0 N–H and O–H groups in total. The highest BCUT2D eigenvalue weighted by atomic mass is 15.1. The summed E-state index contributed by atoms with van der Waals surface area (Å²) in [5.74, 6) is 0.661. The van der Waals surface area contributed by atoms with Crippen molar-refractivity contribution < 1.29 is 0 Å². The fourth-order valence-electron chi connectivity index (χ4n) is 7.74. The van der Waals surface area contributed by atoms with Gasteiger partial charge in [0.25, 0.3) is 0 Å². The van der Waals surface area contributed by atoms with Crippen molar-refractivity contribution in [3.63, 3.8) is 0 Å². The highest BCUT2D eigenvalue weighted by molar-refractivity contribution is 6.25. The molecule has 0 saturated heterocycles. The molecule has 0 aliphatic heterocycles. The molecule has 0 saturated carbocycles. The quantitative estimate of drug-likeness (QED) is 0.155. The van der Waals surface area contributed by atoms with E-state index in [9.17, 15) is 0 Å². The number of nitrogens with zero attached hydrogens (tertiary/aromatic N) is 4. The second-order valence-electron chi connectivity index (χ2n) is 13.6. The molecule has 0 unspecified atom stereocenters. The SMILES string of the molecule is c1ccc(-c2cc(-c3ccccc3)nc(-c3cccc4nc(-c5ccccc5N(c5ccccc5)c5ccccc5)c5ccc6ccccc6c5c34)n2)cc1. The molecule has 0 spiro atoms. The molecule has 4 heteroatoms. The second kappa shape index (κ2) is 13.8. The molecule has 0 radical (unpaired) electrons. The van der Waals surface area contributed by atoms with Crippen LogP contribution in [0.4, 0.5) is 17.1 Å². The van der Waals surface area contributed by atoms with E-state index in [0.29, 0.717) is 5.82 Å². The van der Waals surface area contributed by atoms with Crippen molar-refractivity contribution in [2.45, 2.75) is 0 Å². The molecule has 10 rings (SSSR count). The number of pyridine rings is 1.